The Balaban J connectivity index is 1.40. The van der Waals surface area contributed by atoms with Gasteiger partial charge in [0.15, 0.2) is 0 Å². The summed E-state index contributed by atoms with van der Waals surface area (Å²) in [5.41, 5.74) is 2.82. The Hall–Kier alpha value is -2.31. The summed E-state index contributed by atoms with van der Waals surface area (Å²) >= 11 is 0. The van der Waals surface area contributed by atoms with Crippen LogP contribution in [0.1, 0.15) is 12.8 Å². The van der Waals surface area contributed by atoms with E-state index in [4.69, 9.17) is 4.74 Å². The van der Waals surface area contributed by atoms with Crippen molar-refractivity contribution < 1.29 is 4.74 Å². The lowest BCUT2D eigenvalue weighted by molar-refractivity contribution is 0.0270. The minimum absolute atomic E-state index is 0.374. The molecule has 6 heteroatoms. The normalized spacial score (nSPS) is 15.8. The van der Waals surface area contributed by atoms with Crippen molar-refractivity contribution in [1.29, 1.82) is 0 Å². The summed E-state index contributed by atoms with van der Waals surface area (Å²) in [5.74, 6) is 0. The number of rotatable bonds is 5. The zero-order valence-electron chi connectivity index (χ0n) is 13.6. The molecule has 0 amide bonds. The quantitative estimate of drug-likeness (QED) is 0.780. The molecule has 2 aromatic heterocycles. The van der Waals surface area contributed by atoms with E-state index < -0.39 is 0 Å². The number of piperidine rings is 1. The van der Waals surface area contributed by atoms with Gasteiger partial charge in [-0.15, -0.1) is 5.10 Å². The number of fused-ring (bicyclic) bond motifs is 1. The first-order valence-electron chi connectivity index (χ1n) is 8.46. The number of para-hydroxylation sites is 1. The van der Waals surface area contributed by atoms with Gasteiger partial charge in [-0.1, -0.05) is 23.4 Å². The largest absolute Gasteiger partial charge is 0.376 e. The Morgan fingerprint density at radius 2 is 2.08 bits per heavy atom. The van der Waals surface area contributed by atoms with E-state index in [-0.39, 0.29) is 0 Å². The van der Waals surface area contributed by atoms with E-state index in [9.17, 15) is 0 Å². The van der Waals surface area contributed by atoms with Gasteiger partial charge in [0, 0.05) is 17.1 Å². The molecule has 0 bridgehead atoms. The standard InChI is InChI=1S/C18H21N5O/c1-2-4-17-14(3-1)11-15(12-20-17)18-13-23(22-21-18)9-10-24-16-5-7-19-8-6-16/h1-4,11-13,16,19H,5-10H2. The molecule has 1 saturated heterocycles. The Morgan fingerprint density at radius 3 is 3.00 bits per heavy atom. The number of aromatic nitrogens is 4. The van der Waals surface area contributed by atoms with E-state index in [1.54, 1.807) is 0 Å². The van der Waals surface area contributed by atoms with Crippen LogP contribution in [0.25, 0.3) is 22.2 Å². The summed E-state index contributed by atoms with van der Waals surface area (Å²) < 4.78 is 7.76. The molecule has 0 radical (unpaired) electrons. The number of pyridine rings is 1. The third kappa shape index (κ3) is 3.44. The van der Waals surface area contributed by atoms with Crippen LogP contribution in [0.15, 0.2) is 42.7 Å². The molecule has 0 atom stereocenters. The Labute approximate surface area is 140 Å². The van der Waals surface area contributed by atoms with E-state index in [1.807, 2.05) is 35.3 Å². The highest BCUT2D eigenvalue weighted by atomic mass is 16.5. The van der Waals surface area contributed by atoms with Gasteiger partial charge in [-0.3, -0.25) is 4.98 Å². The van der Waals surface area contributed by atoms with Crippen LogP contribution >= 0.6 is 0 Å². The maximum absolute atomic E-state index is 5.92. The lowest BCUT2D eigenvalue weighted by Gasteiger charge is -2.22. The maximum atomic E-state index is 5.92. The third-order valence-electron chi connectivity index (χ3n) is 4.39. The summed E-state index contributed by atoms with van der Waals surface area (Å²) in [7, 11) is 0. The van der Waals surface area contributed by atoms with Crippen molar-refractivity contribution in [2.45, 2.75) is 25.5 Å². The molecule has 1 fully saturated rings. The lowest BCUT2D eigenvalue weighted by Crippen LogP contribution is -2.33. The maximum Gasteiger partial charge on any atom is 0.114 e. The second-order valence-electron chi connectivity index (χ2n) is 6.10. The van der Waals surface area contributed by atoms with E-state index in [2.05, 4.69) is 32.7 Å². The zero-order valence-corrected chi connectivity index (χ0v) is 13.6. The van der Waals surface area contributed by atoms with Crippen LogP contribution in [-0.4, -0.2) is 45.8 Å². The molecule has 1 aliphatic rings. The Bertz CT molecular complexity index is 810. The molecule has 1 aromatic carbocycles. The average Bonchev–Trinajstić information content (AvgIpc) is 3.11. The van der Waals surface area contributed by atoms with Crippen LogP contribution in [0.2, 0.25) is 0 Å². The Kier molecular flexibility index (Phi) is 4.49. The number of hydrogen-bond acceptors (Lipinski definition) is 5. The highest BCUT2D eigenvalue weighted by Gasteiger charge is 2.13. The van der Waals surface area contributed by atoms with Gasteiger partial charge >= 0.3 is 0 Å². The molecule has 0 spiro atoms. The van der Waals surface area contributed by atoms with Gasteiger partial charge in [0.05, 0.1) is 31.0 Å². The van der Waals surface area contributed by atoms with Gasteiger partial charge < -0.3 is 10.1 Å². The van der Waals surface area contributed by atoms with Gasteiger partial charge in [0.25, 0.3) is 0 Å². The van der Waals surface area contributed by atoms with Crippen molar-refractivity contribution in [3.63, 3.8) is 0 Å². The highest BCUT2D eigenvalue weighted by molar-refractivity contribution is 5.82. The predicted octanol–water partition coefficient (Wildman–Crippen LogP) is 2.26. The second-order valence-corrected chi connectivity index (χ2v) is 6.10. The smallest absolute Gasteiger partial charge is 0.114 e. The van der Waals surface area contributed by atoms with Gasteiger partial charge in [-0.25, -0.2) is 4.68 Å². The van der Waals surface area contributed by atoms with E-state index in [0.29, 0.717) is 12.7 Å². The summed E-state index contributed by atoms with van der Waals surface area (Å²) in [6, 6.07) is 10.2. The molecule has 124 valence electrons. The van der Waals surface area contributed by atoms with Crippen LogP contribution in [0.3, 0.4) is 0 Å². The molecule has 3 heterocycles. The zero-order chi connectivity index (χ0) is 16.2. The molecule has 6 nitrogen and oxygen atoms in total. The van der Waals surface area contributed by atoms with Gasteiger partial charge in [0.1, 0.15) is 5.69 Å². The number of benzene rings is 1. The fourth-order valence-corrected chi connectivity index (χ4v) is 3.03. The lowest BCUT2D eigenvalue weighted by atomic mass is 10.1. The van der Waals surface area contributed by atoms with E-state index in [0.717, 1.165) is 54.6 Å². The van der Waals surface area contributed by atoms with Crippen LogP contribution < -0.4 is 5.32 Å². The van der Waals surface area contributed by atoms with Crippen molar-refractivity contribution in [3.05, 3.63) is 42.7 Å². The van der Waals surface area contributed by atoms with Crippen molar-refractivity contribution in [3.8, 4) is 11.3 Å². The summed E-state index contributed by atoms with van der Waals surface area (Å²) in [5, 5.41) is 12.9. The number of ether oxygens (including phenoxy) is 1. The first kappa shape index (κ1) is 15.2. The first-order chi connectivity index (χ1) is 11.9. The SMILES string of the molecule is c1ccc2ncc(-c3cn(CCOC4CCNCC4)nn3)cc2c1. The number of nitrogens with zero attached hydrogens (tertiary/aromatic N) is 4. The van der Waals surface area contributed by atoms with Crippen LogP contribution in [-0.2, 0) is 11.3 Å². The molecule has 0 aliphatic carbocycles. The monoisotopic (exact) mass is 323 g/mol. The minimum Gasteiger partial charge on any atom is -0.376 e. The molecular weight excluding hydrogens is 302 g/mol. The summed E-state index contributed by atoms with van der Waals surface area (Å²) in [6.07, 6.45) is 6.36. The molecule has 0 saturated carbocycles. The van der Waals surface area contributed by atoms with Crippen LogP contribution in [0.5, 0.6) is 0 Å². The van der Waals surface area contributed by atoms with Gasteiger partial charge in [-0.05, 0) is 38.1 Å². The first-order valence-corrected chi connectivity index (χ1v) is 8.46. The number of hydrogen-bond donors (Lipinski definition) is 1. The summed E-state index contributed by atoms with van der Waals surface area (Å²) in [6.45, 7) is 3.49. The van der Waals surface area contributed by atoms with Gasteiger partial charge in [0.2, 0.25) is 0 Å². The Morgan fingerprint density at radius 1 is 1.21 bits per heavy atom. The second kappa shape index (κ2) is 7.07. The molecule has 1 N–H and O–H groups in total. The van der Waals surface area contributed by atoms with Crippen molar-refractivity contribution in [1.82, 2.24) is 25.3 Å². The fraction of sp³-hybridized carbons (Fsp3) is 0.389. The van der Waals surface area contributed by atoms with Crippen molar-refractivity contribution in [2.75, 3.05) is 19.7 Å². The van der Waals surface area contributed by atoms with Crippen LogP contribution in [0, 0.1) is 0 Å². The summed E-state index contributed by atoms with van der Waals surface area (Å²) in [4.78, 5) is 4.48. The van der Waals surface area contributed by atoms with E-state index >= 15 is 0 Å². The van der Waals surface area contributed by atoms with E-state index in [1.165, 1.54) is 0 Å². The van der Waals surface area contributed by atoms with Gasteiger partial charge in [-0.2, -0.15) is 0 Å². The average molecular weight is 323 g/mol. The molecule has 0 unspecified atom stereocenters. The number of nitrogens with one attached hydrogen (secondary N) is 1. The van der Waals surface area contributed by atoms with Crippen molar-refractivity contribution >= 4 is 10.9 Å². The fourth-order valence-electron chi connectivity index (χ4n) is 3.03. The molecule has 24 heavy (non-hydrogen) atoms. The van der Waals surface area contributed by atoms with Crippen LogP contribution in [0.4, 0.5) is 0 Å². The topological polar surface area (TPSA) is 64.9 Å². The molecule has 4 rings (SSSR count). The predicted molar refractivity (Wildman–Crippen MR) is 92.6 cm³/mol. The van der Waals surface area contributed by atoms with Crippen molar-refractivity contribution in [2.24, 2.45) is 0 Å². The molecular formula is C18H21N5O. The molecule has 1 aliphatic heterocycles. The molecule has 3 aromatic rings. The highest BCUT2D eigenvalue weighted by Crippen LogP contribution is 2.20. The third-order valence-corrected chi connectivity index (χ3v) is 4.39. The minimum atomic E-state index is 0.374.